The first kappa shape index (κ1) is 11.7. The molecule has 0 aliphatic carbocycles. The predicted octanol–water partition coefficient (Wildman–Crippen LogP) is 2.90. The highest BCUT2D eigenvalue weighted by Gasteiger charge is 2.25. The van der Waals surface area contributed by atoms with Crippen molar-refractivity contribution in [3.05, 3.63) is 23.2 Å². The van der Waals surface area contributed by atoms with Gasteiger partial charge in [-0.25, -0.2) is 0 Å². The summed E-state index contributed by atoms with van der Waals surface area (Å²) in [6.07, 6.45) is 2.21. The number of rotatable bonds is 1. The van der Waals surface area contributed by atoms with Crippen LogP contribution in [0.15, 0.2) is 10.5 Å². The van der Waals surface area contributed by atoms with E-state index in [0.29, 0.717) is 10.4 Å². The zero-order chi connectivity index (χ0) is 11.7. The highest BCUT2D eigenvalue weighted by Crippen LogP contribution is 2.21. The molecule has 16 heavy (non-hydrogen) atoms. The summed E-state index contributed by atoms with van der Waals surface area (Å²) in [7, 11) is 0. The van der Waals surface area contributed by atoms with Crippen molar-refractivity contribution >= 4 is 21.8 Å². The molecule has 1 saturated heterocycles. The quantitative estimate of drug-likeness (QED) is 0.744. The van der Waals surface area contributed by atoms with Crippen LogP contribution in [-0.4, -0.2) is 28.7 Å². The topological polar surface area (TPSA) is 33.5 Å². The molecular formula is C12H16BrNO2. The van der Waals surface area contributed by atoms with Crippen LogP contribution < -0.4 is 0 Å². The Morgan fingerprint density at radius 2 is 2.31 bits per heavy atom. The summed E-state index contributed by atoms with van der Waals surface area (Å²) in [6.45, 7) is 5.36. The van der Waals surface area contributed by atoms with Crippen LogP contribution in [0.2, 0.25) is 0 Å². The van der Waals surface area contributed by atoms with E-state index in [4.69, 9.17) is 4.42 Å². The second-order valence-electron chi connectivity index (χ2n) is 4.32. The van der Waals surface area contributed by atoms with Crippen LogP contribution in [-0.2, 0) is 0 Å². The van der Waals surface area contributed by atoms with E-state index in [-0.39, 0.29) is 5.91 Å². The van der Waals surface area contributed by atoms with Crippen molar-refractivity contribution in [3.8, 4) is 0 Å². The molecule has 1 aromatic heterocycles. The van der Waals surface area contributed by atoms with E-state index in [2.05, 4.69) is 15.9 Å². The molecule has 2 heterocycles. The van der Waals surface area contributed by atoms with Crippen LogP contribution in [0.25, 0.3) is 0 Å². The van der Waals surface area contributed by atoms with Gasteiger partial charge >= 0.3 is 0 Å². The van der Waals surface area contributed by atoms with Gasteiger partial charge in [0.05, 0.1) is 5.56 Å². The molecule has 1 atom stereocenters. The summed E-state index contributed by atoms with van der Waals surface area (Å²) in [5, 5.41) is 0. The molecule has 0 N–H and O–H groups in total. The van der Waals surface area contributed by atoms with Crippen LogP contribution in [0.4, 0.5) is 0 Å². The van der Waals surface area contributed by atoms with Gasteiger partial charge in [-0.1, -0.05) is 15.9 Å². The van der Waals surface area contributed by atoms with Gasteiger partial charge in [-0.2, -0.15) is 0 Å². The number of halogens is 1. The molecule has 1 fully saturated rings. The van der Waals surface area contributed by atoms with Crippen LogP contribution >= 0.6 is 15.9 Å². The van der Waals surface area contributed by atoms with Crippen LogP contribution in [0.3, 0.4) is 0 Å². The molecule has 0 radical (unpaired) electrons. The van der Waals surface area contributed by atoms with Crippen molar-refractivity contribution in [3.63, 3.8) is 0 Å². The normalized spacial score (nSPS) is 21.2. The van der Waals surface area contributed by atoms with E-state index in [1.165, 1.54) is 0 Å². The lowest BCUT2D eigenvalue weighted by molar-refractivity contribution is 0.0728. The maximum Gasteiger partial charge on any atom is 0.257 e. The summed E-state index contributed by atoms with van der Waals surface area (Å²) >= 11 is 3.58. The van der Waals surface area contributed by atoms with Gasteiger partial charge in [0.25, 0.3) is 5.91 Å². The maximum atomic E-state index is 12.2. The predicted molar refractivity (Wildman–Crippen MR) is 66.0 cm³/mol. The maximum absolute atomic E-state index is 12.2. The molecule has 88 valence electrons. The lowest BCUT2D eigenvalue weighted by Gasteiger charge is -2.29. The number of carbonyl (C=O) groups excluding carboxylic acids is 1. The van der Waals surface area contributed by atoms with E-state index < -0.39 is 0 Å². The third kappa shape index (κ3) is 2.32. The Morgan fingerprint density at radius 3 is 2.88 bits per heavy atom. The third-order valence-corrected chi connectivity index (χ3v) is 3.67. The zero-order valence-electron chi connectivity index (χ0n) is 9.62. The molecular weight excluding hydrogens is 270 g/mol. The molecule has 4 heteroatoms. The Morgan fingerprint density at radius 1 is 1.56 bits per heavy atom. The molecule has 0 aromatic carbocycles. The van der Waals surface area contributed by atoms with Gasteiger partial charge in [-0.3, -0.25) is 4.79 Å². The molecule has 1 unspecified atom stereocenters. The molecule has 3 nitrogen and oxygen atoms in total. The van der Waals surface area contributed by atoms with Gasteiger partial charge in [0.15, 0.2) is 0 Å². The van der Waals surface area contributed by atoms with Crippen molar-refractivity contribution in [2.75, 3.05) is 13.1 Å². The van der Waals surface area contributed by atoms with Crippen molar-refractivity contribution < 1.29 is 9.21 Å². The van der Waals surface area contributed by atoms with Gasteiger partial charge in [-0.05, 0) is 32.8 Å². The largest absolute Gasteiger partial charge is 0.466 e. The van der Waals surface area contributed by atoms with Crippen molar-refractivity contribution in [2.24, 2.45) is 0 Å². The zero-order valence-corrected chi connectivity index (χ0v) is 11.2. The Bertz CT molecular complexity index is 400. The number of hydrogen-bond donors (Lipinski definition) is 0. The van der Waals surface area contributed by atoms with Gasteiger partial charge in [-0.15, -0.1) is 0 Å². The number of likely N-dealkylation sites (tertiary alicyclic amines) is 1. The lowest BCUT2D eigenvalue weighted by atomic mass is 10.1. The molecule has 1 amide bonds. The second kappa shape index (κ2) is 4.62. The number of piperidine rings is 1. The van der Waals surface area contributed by atoms with E-state index in [1.807, 2.05) is 24.8 Å². The number of amides is 1. The van der Waals surface area contributed by atoms with Crippen molar-refractivity contribution in [1.82, 2.24) is 4.90 Å². The van der Waals surface area contributed by atoms with Gasteiger partial charge in [0.2, 0.25) is 0 Å². The average molecular weight is 286 g/mol. The summed E-state index contributed by atoms with van der Waals surface area (Å²) in [5.74, 6) is 1.62. The standard InChI is InChI=1S/C12H16BrNO2/c1-8-6-11(9(2)16-8)12(15)14-5-3-4-10(13)7-14/h6,10H,3-5,7H2,1-2H3. The molecule has 1 aliphatic heterocycles. The molecule has 2 rings (SSSR count). The highest BCUT2D eigenvalue weighted by atomic mass is 79.9. The summed E-state index contributed by atoms with van der Waals surface area (Å²) in [5.41, 5.74) is 0.708. The highest BCUT2D eigenvalue weighted by molar-refractivity contribution is 9.09. The summed E-state index contributed by atoms with van der Waals surface area (Å²) in [6, 6.07) is 1.83. The average Bonchev–Trinajstić information content (AvgIpc) is 2.57. The van der Waals surface area contributed by atoms with E-state index in [9.17, 15) is 4.79 Å². The molecule has 0 spiro atoms. The Hall–Kier alpha value is -0.770. The Labute approximate surface area is 104 Å². The van der Waals surface area contributed by atoms with Crippen LogP contribution in [0.5, 0.6) is 0 Å². The first-order chi connectivity index (χ1) is 7.58. The summed E-state index contributed by atoms with van der Waals surface area (Å²) < 4.78 is 5.39. The van der Waals surface area contributed by atoms with Gasteiger partial charge in [0, 0.05) is 17.9 Å². The summed E-state index contributed by atoms with van der Waals surface area (Å²) in [4.78, 5) is 14.6. The first-order valence-electron chi connectivity index (χ1n) is 5.58. The minimum Gasteiger partial charge on any atom is -0.466 e. The Balaban J connectivity index is 2.15. The molecule has 0 saturated carbocycles. The molecule has 1 aromatic rings. The molecule has 1 aliphatic rings. The van der Waals surface area contributed by atoms with Crippen molar-refractivity contribution in [1.29, 1.82) is 0 Å². The fourth-order valence-electron chi connectivity index (χ4n) is 2.12. The number of carbonyl (C=O) groups is 1. The van der Waals surface area contributed by atoms with Gasteiger partial charge in [0.1, 0.15) is 11.5 Å². The van der Waals surface area contributed by atoms with E-state index in [0.717, 1.165) is 37.5 Å². The minimum absolute atomic E-state index is 0.0958. The number of alkyl halides is 1. The Kier molecular flexibility index (Phi) is 3.38. The fraction of sp³-hybridized carbons (Fsp3) is 0.583. The fourth-order valence-corrected chi connectivity index (χ4v) is 2.80. The van der Waals surface area contributed by atoms with E-state index in [1.54, 1.807) is 0 Å². The van der Waals surface area contributed by atoms with Gasteiger partial charge < -0.3 is 9.32 Å². The molecule has 0 bridgehead atoms. The number of hydrogen-bond acceptors (Lipinski definition) is 2. The number of aryl methyl sites for hydroxylation is 2. The first-order valence-corrected chi connectivity index (χ1v) is 6.50. The second-order valence-corrected chi connectivity index (χ2v) is 5.61. The smallest absolute Gasteiger partial charge is 0.257 e. The number of furan rings is 1. The SMILES string of the molecule is Cc1cc(C(=O)N2CCCC(Br)C2)c(C)o1. The number of nitrogens with zero attached hydrogens (tertiary/aromatic N) is 1. The van der Waals surface area contributed by atoms with E-state index >= 15 is 0 Å². The van der Waals surface area contributed by atoms with Crippen LogP contribution in [0, 0.1) is 13.8 Å². The lowest BCUT2D eigenvalue weighted by Crippen LogP contribution is -2.40. The third-order valence-electron chi connectivity index (χ3n) is 2.92. The van der Waals surface area contributed by atoms with Crippen molar-refractivity contribution in [2.45, 2.75) is 31.5 Å². The minimum atomic E-state index is 0.0958. The van der Waals surface area contributed by atoms with Crippen LogP contribution in [0.1, 0.15) is 34.7 Å². The monoisotopic (exact) mass is 285 g/mol.